The van der Waals surface area contributed by atoms with Gasteiger partial charge in [-0.3, -0.25) is 19.3 Å². The highest BCUT2D eigenvalue weighted by atomic mass is 16.2. The number of nitrogens with one attached hydrogen (secondary N) is 1. The lowest BCUT2D eigenvalue weighted by Crippen LogP contribution is -2.48. The van der Waals surface area contributed by atoms with E-state index in [0.29, 0.717) is 24.2 Å². The lowest BCUT2D eigenvalue weighted by Gasteiger charge is -2.22. The first kappa shape index (κ1) is 15.2. The third-order valence-corrected chi connectivity index (χ3v) is 3.45. The lowest BCUT2D eigenvalue weighted by molar-refractivity contribution is -0.124. The van der Waals surface area contributed by atoms with Crippen LogP contribution in [-0.4, -0.2) is 60.7 Å². The molecule has 1 heterocycles. The van der Waals surface area contributed by atoms with Crippen LogP contribution < -0.4 is 5.32 Å². The highest BCUT2D eigenvalue weighted by Gasteiger charge is 2.40. The average molecular weight is 289 g/mol. The Bertz CT molecular complexity index is 548. The standard InChI is InChI=1S/C15H19N3O3/c1-10(13(19)16-8-9-17(2)3)18-14(20)11-6-4-5-7-12(11)15(18)21/h4-7,10H,8-9H2,1-3H3,(H,16,19). The molecule has 1 N–H and O–H groups in total. The van der Waals surface area contributed by atoms with Crippen LogP contribution in [0.4, 0.5) is 0 Å². The van der Waals surface area contributed by atoms with E-state index in [1.807, 2.05) is 19.0 Å². The zero-order valence-electron chi connectivity index (χ0n) is 12.4. The summed E-state index contributed by atoms with van der Waals surface area (Å²) in [6, 6.07) is 5.79. The molecule has 112 valence electrons. The third kappa shape index (κ3) is 2.95. The first-order chi connectivity index (χ1) is 9.93. The first-order valence-electron chi connectivity index (χ1n) is 6.83. The van der Waals surface area contributed by atoms with E-state index in [-0.39, 0.29) is 5.91 Å². The summed E-state index contributed by atoms with van der Waals surface area (Å²) in [5.74, 6) is -1.15. The maximum absolute atomic E-state index is 12.3. The summed E-state index contributed by atoms with van der Waals surface area (Å²) in [6.45, 7) is 2.73. The second-order valence-electron chi connectivity index (χ2n) is 5.30. The number of likely N-dealkylation sites (N-methyl/N-ethyl adjacent to an activating group) is 1. The highest BCUT2D eigenvalue weighted by molar-refractivity contribution is 6.22. The average Bonchev–Trinajstić information content (AvgIpc) is 2.70. The smallest absolute Gasteiger partial charge is 0.262 e. The minimum atomic E-state index is -0.820. The summed E-state index contributed by atoms with van der Waals surface area (Å²) >= 11 is 0. The molecule has 2 rings (SSSR count). The molecule has 0 spiro atoms. The van der Waals surface area contributed by atoms with Crippen LogP contribution in [0.1, 0.15) is 27.6 Å². The van der Waals surface area contributed by atoms with Crippen molar-refractivity contribution in [1.82, 2.24) is 15.1 Å². The molecule has 1 aromatic carbocycles. The number of carbonyl (C=O) groups excluding carboxylic acids is 3. The number of rotatable bonds is 5. The van der Waals surface area contributed by atoms with E-state index >= 15 is 0 Å². The molecular weight excluding hydrogens is 270 g/mol. The van der Waals surface area contributed by atoms with E-state index in [0.717, 1.165) is 4.90 Å². The van der Waals surface area contributed by atoms with E-state index in [4.69, 9.17) is 0 Å². The number of imide groups is 1. The zero-order chi connectivity index (χ0) is 15.6. The van der Waals surface area contributed by atoms with Crippen molar-refractivity contribution in [3.8, 4) is 0 Å². The molecule has 1 aromatic rings. The molecule has 0 aliphatic carbocycles. The van der Waals surface area contributed by atoms with Gasteiger partial charge in [0.05, 0.1) is 11.1 Å². The van der Waals surface area contributed by atoms with Crippen molar-refractivity contribution in [3.05, 3.63) is 35.4 Å². The Balaban J connectivity index is 2.07. The molecule has 0 bridgehead atoms. The quantitative estimate of drug-likeness (QED) is 0.794. The number of benzene rings is 1. The second-order valence-corrected chi connectivity index (χ2v) is 5.30. The van der Waals surface area contributed by atoms with Gasteiger partial charge < -0.3 is 10.2 Å². The number of fused-ring (bicyclic) bond motifs is 1. The van der Waals surface area contributed by atoms with Gasteiger partial charge >= 0.3 is 0 Å². The molecule has 21 heavy (non-hydrogen) atoms. The first-order valence-corrected chi connectivity index (χ1v) is 6.83. The van der Waals surface area contributed by atoms with E-state index in [9.17, 15) is 14.4 Å². The van der Waals surface area contributed by atoms with Gasteiger partial charge in [-0.15, -0.1) is 0 Å². The SMILES string of the molecule is CC(C(=O)NCCN(C)C)N1C(=O)c2ccccc2C1=O. The highest BCUT2D eigenvalue weighted by Crippen LogP contribution is 2.24. The van der Waals surface area contributed by atoms with E-state index < -0.39 is 17.9 Å². The summed E-state index contributed by atoms with van der Waals surface area (Å²) in [7, 11) is 3.81. The molecule has 1 unspecified atom stereocenters. The lowest BCUT2D eigenvalue weighted by atomic mass is 10.1. The van der Waals surface area contributed by atoms with Gasteiger partial charge in [-0.05, 0) is 33.2 Å². The number of nitrogens with zero attached hydrogens (tertiary/aromatic N) is 2. The van der Waals surface area contributed by atoms with Crippen LogP contribution >= 0.6 is 0 Å². The molecule has 0 saturated heterocycles. The Kier molecular flexibility index (Phi) is 4.37. The van der Waals surface area contributed by atoms with Crippen molar-refractivity contribution >= 4 is 17.7 Å². The summed E-state index contributed by atoms with van der Waals surface area (Å²) < 4.78 is 0. The van der Waals surface area contributed by atoms with Crippen LogP contribution in [0.2, 0.25) is 0 Å². The predicted octanol–water partition coefficient (Wildman–Crippen LogP) is 0.349. The van der Waals surface area contributed by atoms with Gasteiger partial charge in [0.2, 0.25) is 5.91 Å². The Morgan fingerprint density at radius 2 is 1.71 bits per heavy atom. The molecule has 0 radical (unpaired) electrons. The van der Waals surface area contributed by atoms with Gasteiger partial charge in [-0.1, -0.05) is 12.1 Å². The fraction of sp³-hybridized carbons (Fsp3) is 0.400. The zero-order valence-corrected chi connectivity index (χ0v) is 12.4. The Labute approximate surface area is 123 Å². The molecule has 6 heteroatoms. The monoisotopic (exact) mass is 289 g/mol. The van der Waals surface area contributed by atoms with Crippen molar-refractivity contribution in [3.63, 3.8) is 0 Å². The van der Waals surface area contributed by atoms with Crippen LogP contribution in [0, 0.1) is 0 Å². The fourth-order valence-corrected chi connectivity index (χ4v) is 2.23. The van der Waals surface area contributed by atoms with Crippen molar-refractivity contribution in [2.45, 2.75) is 13.0 Å². The number of hydrogen-bond acceptors (Lipinski definition) is 4. The van der Waals surface area contributed by atoms with Crippen LogP contribution in [0.3, 0.4) is 0 Å². The summed E-state index contributed by atoms with van der Waals surface area (Å²) in [5, 5.41) is 2.73. The largest absolute Gasteiger partial charge is 0.353 e. The van der Waals surface area contributed by atoms with Crippen molar-refractivity contribution in [2.24, 2.45) is 0 Å². The van der Waals surface area contributed by atoms with Crippen LogP contribution in [0.15, 0.2) is 24.3 Å². The van der Waals surface area contributed by atoms with Gasteiger partial charge in [-0.25, -0.2) is 0 Å². The third-order valence-electron chi connectivity index (χ3n) is 3.45. The number of hydrogen-bond donors (Lipinski definition) is 1. The van der Waals surface area contributed by atoms with Crippen LogP contribution in [0.5, 0.6) is 0 Å². The van der Waals surface area contributed by atoms with Crippen molar-refractivity contribution in [1.29, 1.82) is 0 Å². The van der Waals surface area contributed by atoms with E-state index in [1.54, 1.807) is 31.2 Å². The van der Waals surface area contributed by atoms with Gasteiger partial charge in [-0.2, -0.15) is 0 Å². The molecule has 1 aliphatic heterocycles. The number of carbonyl (C=O) groups is 3. The minimum Gasteiger partial charge on any atom is -0.353 e. The van der Waals surface area contributed by atoms with Gasteiger partial charge in [0.1, 0.15) is 6.04 Å². The molecule has 0 saturated carbocycles. The molecular formula is C15H19N3O3. The Morgan fingerprint density at radius 1 is 1.19 bits per heavy atom. The Hall–Kier alpha value is -2.21. The van der Waals surface area contributed by atoms with Gasteiger partial charge in [0.25, 0.3) is 11.8 Å². The molecule has 0 fully saturated rings. The molecule has 1 atom stereocenters. The van der Waals surface area contributed by atoms with Crippen LogP contribution in [-0.2, 0) is 4.79 Å². The Morgan fingerprint density at radius 3 is 2.19 bits per heavy atom. The van der Waals surface area contributed by atoms with Crippen molar-refractivity contribution in [2.75, 3.05) is 27.2 Å². The van der Waals surface area contributed by atoms with Gasteiger partial charge in [0, 0.05) is 13.1 Å². The normalized spacial score (nSPS) is 15.3. The van der Waals surface area contributed by atoms with Crippen LogP contribution in [0.25, 0.3) is 0 Å². The molecule has 3 amide bonds. The molecule has 0 aromatic heterocycles. The molecule has 6 nitrogen and oxygen atoms in total. The van der Waals surface area contributed by atoms with Gasteiger partial charge in [0.15, 0.2) is 0 Å². The summed E-state index contributed by atoms with van der Waals surface area (Å²) in [4.78, 5) is 39.5. The summed E-state index contributed by atoms with van der Waals surface area (Å²) in [6.07, 6.45) is 0. The topological polar surface area (TPSA) is 69.7 Å². The maximum Gasteiger partial charge on any atom is 0.262 e. The summed E-state index contributed by atoms with van der Waals surface area (Å²) in [5.41, 5.74) is 0.714. The molecule has 1 aliphatic rings. The second kappa shape index (κ2) is 6.05. The minimum absolute atomic E-state index is 0.327. The fourth-order valence-electron chi connectivity index (χ4n) is 2.23. The number of amides is 3. The van der Waals surface area contributed by atoms with E-state index in [2.05, 4.69) is 5.32 Å². The van der Waals surface area contributed by atoms with E-state index in [1.165, 1.54) is 0 Å². The van der Waals surface area contributed by atoms with Crippen molar-refractivity contribution < 1.29 is 14.4 Å². The predicted molar refractivity (Wildman–Crippen MR) is 78.0 cm³/mol. The maximum atomic E-state index is 12.3.